The fraction of sp³-hybridized carbons (Fsp3) is 0.632. The Labute approximate surface area is 149 Å². The van der Waals surface area contributed by atoms with E-state index >= 15 is 0 Å². The lowest BCUT2D eigenvalue weighted by atomic mass is 9.87. The number of nitrogens with zero attached hydrogens (tertiary/aromatic N) is 1. The number of alkyl halides is 1. The van der Waals surface area contributed by atoms with E-state index in [1.807, 2.05) is 11.0 Å². The Morgan fingerprint density at radius 2 is 1.96 bits per heavy atom. The van der Waals surface area contributed by atoms with Crippen LogP contribution in [0.1, 0.15) is 49.4 Å². The van der Waals surface area contributed by atoms with Gasteiger partial charge in [0.05, 0.1) is 22.6 Å². The Morgan fingerprint density at radius 3 is 2.56 bits per heavy atom. The number of hydrogen-bond acceptors (Lipinski definition) is 4. The van der Waals surface area contributed by atoms with Crippen LogP contribution in [0.15, 0.2) is 12.1 Å². The number of anilines is 3. The van der Waals surface area contributed by atoms with Crippen LogP contribution < -0.4 is 21.3 Å². The molecular weight excluding hydrogens is 319 g/mol. The molecule has 0 spiro atoms. The van der Waals surface area contributed by atoms with Gasteiger partial charge in [-0.15, -0.1) is 0 Å². The minimum Gasteiger partial charge on any atom is -0.397 e. The second-order valence-electron chi connectivity index (χ2n) is 7.47. The number of rotatable bonds is 4. The molecule has 5 nitrogen and oxygen atoms in total. The van der Waals surface area contributed by atoms with Crippen molar-refractivity contribution in [3.05, 3.63) is 17.7 Å². The van der Waals surface area contributed by atoms with Gasteiger partial charge >= 0.3 is 0 Å². The summed E-state index contributed by atoms with van der Waals surface area (Å²) >= 11 is 0. The first-order valence-corrected chi connectivity index (χ1v) is 9.29. The van der Waals surface area contributed by atoms with Crippen LogP contribution in [0.3, 0.4) is 0 Å². The van der Waals surface area contributed by atoms with E-state index in [2.05, 4.69) is 17.6 Å². The highest BCUT2D eigenvalue weighted by atomic mass is 19.1. The van der Waals surface area contributed by atoms with Crippen LogP contribution in [-0.4, -0.2) is 38.3 Å². The molecule has 1 saturated heterocycles. The third-order valence-corrected chi connectivity index (χ3v) is 5.50. The molecule has 4 N–H and O–H groups in total. The van der Waals surface area contributed by atoms with Crippen molar-refractivity contribution in [3.8, 4) is 0 Å². The van der Waals surface area contributed by atoms with E-state index in [0.29, 0.717) is 30.8 Å². The van der Waals surface area contributed by atoms with Crippen molar-refractivity contribution in [3.63, 3.8) is 0 Å². The van der Waals surface area contributed by atoms with E-state index in [1.54, 1.807) is 13.1 Å². The van der Waals surface area contributed by atoms with Gasteiger partial charge < -0.3 is 21.3 Å². The number of halogens is 1. The molecule has 25 heavy (non-hydrogen) atoms. The van der Waals surface area contributed by atoms with Crippen LogP contribution in [0.5, 0.6) is 0 Å². The molecule has 6 heteroatoms. The Kier molecular flexibility index (Phi) is 5.35. The quantitative estimate of drug-likeness (QED) is 0.731. The van der Waals surface area contributed by atoms with Crippen molar-refractivity contribution in [2.75, 3.05) is 36.1 Å². The molecule has 1 aliphatic carbocycles. The fourth-order valence-corrected chi connectivity index (χ4v) is 3.87. The molecule has 1 aromatic rings. The molecule has 1 heterocycles. The molecule has 0 aromatic heterocycles. The van der Waals surface area contributed by atoms with E-state index in [4.69, 9.17) is 5.73 Å². The van der Waals surface area contributed by atoms with Gasteiger partial charge in [0.15, 0.2) is 0 Å². The van der Waals surface area contributed by atoms with Gasteiger partial charge in [-0.2, -0.15) is 0 Å². The third kappa shape index (κ3) is 3.99. The standard InChI is InChI=1S/C19H29FN4O/c1-12-3-5-14(6-4-12)23-19(25)15-9-16(21)17(22-2)10-18(15)24-8-7-13(20)11-24/h9-10,12-14,22H,3-8,11,21H2,1-2H3,(H,23,25)/t12?,13-,14?/m1/s1. The van der Waals surface area contributed by atoms with Crippen LogP contribution in [-0.2, 0) is 0 Å². The van der Waals surface area contributed by atoms with Gasteiger partial charge in [0, 0.05) is 26.2 Å². The van der Waals surface area contributed by atoms with Crippen LogP contribution in [0, 0.1) is 5.92 Å². The van der Waals surface area contributed by atoms with Crippen LogP contribution in [0.4, 0.5) is 21.5 Å². The average Bonchev–Trinajstić information content (AvgIpc) is 3.03. The van der Waals surface area contributed by atoms with E-state index < -0.39 is 6.17 Å². The topological polar surface area (TPSA) is 70.4 Å². The minimum atomic E-state index is -0.841. The maximum atomic E-state index is 13.7. The zero-order chi connectivity index (χ0) is 18.0. The summed E-state index contributed by atoms with van der Waals surface area (Å²) < 4.78 is 13.7. The predicted molar refractivity (Wildman–Crippen MR) is 101 cm³/mol. The second kappa shape index (κ2) is 7.50. The van der Waals surface area contributed by atoms with E-state index in [9.17, 15) is 9.18 Å². The largest absolute Gasteiger partial charge is 0.397 e. The van der Waals surface area contributed by atoms with Crippen molar-refractivity contribution in [1.29, 1.82) is 0 Å². The zero-order valence-electron chi connectivity index (χ0n) is 15.1. The molecule has 1 saturated carbocycles. The lowest BCUT2D eigenvalue weighted by Gasteiger charge is -2.28. The number of carbonyl (C=O) groups excluding carboxylic acids is 1. The highest BCUT2D eigenvalue weighted by molar-refractivity contribution is 6.02. The minimum absolute atomic E-state index is 0.105. The Bertz CT molecular complexity index is 628. The zero-order valence-corrected chi connectivity index (χ0v) is 15.1. The first kappa shape index (κ1) is 17.8. The lowest BCUT2D eigenvalue weighted by molar-refractivity contribution is 0.0923. The van der Waals surface area contributed by atoms with Crippen LogP contribution in [0.25, 0.3) is 0 Å². The lowest BCUT2D eigenvalue weighted by Crippen LogP contribution is -2.38. The Hall–Kier alpha value is -1.98. The van der Waals surface area contributed by atoms with Gasteiger partial charge in [0.25, 0.3) is 5.91 Å². The van der Waals surface area contributed by atoms with E-state index in [-0.39, 0.29) is 11.9 Å². The summed E-state index contributed by atoms with van der Waals surface area (Å²) in [5.41, 5.74) is 8.69. The van der Waals surface area contributed by atoms with Crippen molar-refractivity contribution in [1.82, 2.24) is 5.32 Å². The first-order valence-electron chi connectivity index (χ1n) is 9.29. The average molecular weight is 348 g/mol. The summed E-state index contributed by atoms with van der Waals surface area (Å²) in [7, 11) is 1.79. The Balaban J connectivity index is 1.83. The summed E-state index contributed by atoms with van der Waals surface area (Å²) in [4.78, 5) is 14.8. The van der Waals surface area contributed by atoms with E-state index in [1.165, 1.54) is 0 Å². The summed E-state index contributed by atoms with van der Waals surface area (Å²) in [6.07, 6.45) is 3.99. The molecule has 2 fully saturated rings. The van der Waals surface area contributed by atoms with Crippen LogP contribution >= 0.6 is 0 Å². The normalized spacial score (nSPS) is 26.5. The molecule has 1 atom stereocenters. The van der Waals surface area contributed by atoms with Crippen molar-refractivity contribution >= 4 is 23.0 Å². The van der Waals surface area contributed by atoms with Gasteiger partial charge in [-0.05, 0) is 50.2 Å². The Morgan fingerprint density at radius 1 is 1.24 bits per heavy atom. The van der Waals surface area contributed by atoms with Gasteiger partial charge in [-0.3, -0.25) is 4.79 Å². The molecule has 138 valence electrons. The van der Waals surface area contributed by atoms with Gasteiger partial charge in [-0.25, -0.2) is 4.39 Å². The van der Waals surface area contributed by atoms with Gasteiger partial charge in [0.1, 0.15) is 6.17 Å². The molecule has 1 aromatic carbocycles. The summed E-state index contributed by atoms with van der Waals surface area (Å²) in [6.45, 7) is 3.21. The molecule has 1 aliphatic heterocycles. The number of benzene rings is 1. The molecule has 3 rings (SSSR count). The maximum absolute atomic E-state index is 13.7. The molecule has 2 aliphatic rings. The SMILES string of the molecule is CNc1cc(N2CC[C@@H](F)C2)c(C(=O)NC2CCC(C)CC2)cc1N. The van der Waals surface area contributed by atoms with Gasteiger partial charge in [-0.1, -0.05) is 6.92 Å². The highest BCUT2D eigenvalue weighted by Crippen LogP contribution is 2.33. The first-order chi connectivity index (χ1) is 12.0. The number of amides is 1. The smallest absolute Gasteiger partial charge is 0.253 e. The maximum Gasteiger partial charge on any atom is 0.253 e. The van der Waals surface area contributed by atoms with Crippen molar-refractivity contribution < 1.29 is 9.18 Å². The highest BCUT2D eigenvalue weighted by Gasteiger charge is 2.28. The fourth-order valence-electron chi connectivity index (χ4n) is 3.87. The summed E-state index contributed by atoms with van der Waals surface area (Å²) in [5, 5.41) is 6.21. The number of hydrogen-bond donors (Lipinski definition) is 3. The number of nitrogens with two attached hydrogens (primary N) is 1. The summed E-state index contributed by atoms with van der Waals surface area (Å²) in [5.74, 6) is 0.631. The predicted octanol–water partition coefficient (Wildman–Crippen LogP) is 3.17. The monoisotopic (exact) mass is 348 g/mol. The molecule has 0 radical (unpaired) electrons. The summed E-state index contributed by atoms with van der Waals surface area (Å²) in [6, 6.07) is 3.80. The van der Waals surface area contributed by atoms with Crippen LogP contribution in [0.2, 0.25) is 0 Å². The molecule has 0 bridgehead atoms. The molecule has 1 amide bonds. The number of carbonyl (C=O) groups is 1. The van der Waals surface area contributed by atoms with E-state index in [0.717, 1.165) is 43.0 Å². The van der Waals surface area contributed by atoms with Crippen molar-refractivity contribution in [2.24, 2.45) is 5.92 Å². The molecular formula is C19H29FN4O. The molecule has 0 unspecified atom stereocenters. The number of nitrogen functional groups attached to an aromatic ring is 1. The second-order valence-corrected chi connectivity index (χ2v) is 7.47. The van der Waals surface area contributed by atoms with Gasteiger partial charge in [0.2, 0.25) is 0 Å². The third-order valence-electron chi connectivity index (χ3n) is 5.50. The number of nitrogens with one attached hydrogen (secondary N) is 2. The van der Waals surface area contributed by atoms with Crippen molar-refractivity contribution in [2.45, 2.75) is 51.2 Å².